The summed E-state index contributed by atoms with van der Waals surface area (Å²) in [5, 5.41) is 0. The molecule has 1 heterocycles. The topological polar surface area (TPSA) is 76.0 Å². The van der Waals surface area contributed by atoms with Gasteiger partial charge in [0.05, 0.1) is 16.6 Å². The molecule has 1 aliphatic rings. The minimum atomic E-state index is -3.00. The lowest BCUT2D eigenvalue weighted by molar-refractivity contribution is -0.141. The Morgan fingerprint density at radius 2 is 2.42 bits per heavy atom. The Kier molecular flexibility index (Phi) is 2.59. The summed E-state index contributed by atoms with van der Waals surface area (Å²) < 4.78 is 27.0. The average molecular weight is 192 g/mol. The average Bonchev–Trinajstić information content (AvgIpc) is 2.30. The van der Waals surface area contributed by atoms with E-state index in [4.69, 9.17) is 15.5 Å². The van der Waals surface area contributed by atoms with Gasteiger partial charge in [-0.15, -0.1) is 6.42 Å². The molecule has 0 amide bonds. The van der Waals surface area contributed by atoms with Crippen LogP contribution in [0, 0.1) is 12.3 Å². The first-order valence-electron chi connectivity index (χ1n) is 3.11. The maximum absolute atomic E-state index is 10.5. The molecule has 1 saturated heterocycles. The summed E-state index contributed by atoms with van der Waals surface area (Å²) in [6, 6.07) is 0. The fraction of sp³-hybridized carbons (Fsp3) is 0.500. The number of hydrogen-bond donors (Lipinski definition) is 2. The largest absolute Gasteiger partial charge is 0.449 e. The number of hydrogen-bond acceptors (Lipinski definition) is 5. The predicted molar refractivity (Wildman–Crippen MR) is 42.4 cm³/mol. The first-order chi connectivity index (χ1) is 5.53. The molecule has 1 rings (SSSR count). The third-order valence-corrected chi connectivity index (χ3v) is 2.56. The second kappa shape index (κ2) is 3.33. The minimum absolute atomic E-state index is 0.0181. The van der Waals surface area contributed by atoms with Crippen molar-refractivity contribution in [1.29, 1.82) is 0 Å². The van der Waals surface area contributed by atoms with Crippen LogP contribution in [0.25, 0.3) is 0 Å². The van der Waals surface area contributed by atoms with Crippen LogP contribution in [0.15, 0.2) is 0 Å². The smallest absolute Gasteiger partial charge is 0.384 e. The van der Waals surface area contributed by atoms with Gasteiger partial charge in [0, 0.05) is 5.92 Å². The molecule has 68 valence electrons. The van der Waals surface area contributed by atoms with Gasteiger partial charge in [-0.05, 0) is 0 Å². The number of carbonyl (C=O) groups is 1. The normalized spacial score (nSPS) is 28.9. The molecule has 1 fully saturated rings. The van der Waals surface area contributed by atoms with Crippen molar-refractivity contribution in [2.24, 2.45) is 0 Å². The van der Waals surface area contributed by atoms with E-state index in [2.05, 4.69) is 8.92 Å². The van der Waals surface area contributed by atoms with Crippen molar-refractivity contribution in [3.05, 3.63) is 0 Å². The first kappa shape index (κ1) is 9.35. The molecule has 1 unspecified atom stereocenters. The van der Waals surface area contributed by atoms with E-state index in [9.17, 15) is 4.79 Å². The van der Waals surface area contributed by atoms with Gasteiger partial charge in [0.15, 0.2) is 0 Å². The monoisotopic (exact) mass is 192 g/mol. The summed E-state index contributed by atoms with van der Waals surface area (Å²) in [5.74, 6) is 0.833. The second-order valence-electron chi connectivity index (χ2n) is 2.23. The van der Waals surface area contributed by atoms with Gasteiger partial charge < -0.3 is 13.8 Å². The van der Waals surface area contributed by atoms with Crippen LogP contribution in [0.1, 0.15) is 0 Å². The van der Waals surface area contributed by atoms with E-state index in [1.807, 2.05) is 0 Å². The van der Waals surface area contributed by atoms with Crippen molar-refractivity contribution in [1.82, 2.24) is 0 Å². The fourth-order valence-electron chi connectivity index (χ4n) is 0.777. The maximum atomic E-state index is 10.5. The SMILES string of the molecule is C#CC(=O)OC1COS(O)(O)C1. The van der Waals surface area contributed by atoms with Gasteiger partial charge in [-0.2, -0.15) is 0 Å². The Labute approximate surface area is 71.2 Å². The first-order valence-corrected chi connectivity index (χ1v) is 4.75. The van der Waals surface area contributed by atoms with E-state index in [1.165, 1.54) is 0 Å². The van der Waals surface area contributed by atoms with Crippen LogP contribution in [0.5, 0.6) is 0 Å². The zero-order valence-electron chi connectivity index (χ0n) is 6.10. The Morgan fingerprint density at radius 3 is 2.83 bits per heavy atom. The van der Waals surface area contributed by atoms with E-state index in [0.29, 0.717) is 0 Å². The van der Waals surface area contributed by atoms with Crippen LogP contribution in [-0.4, -0.2) is 33.5 Å². The van der Waals surface area contributed by atoms with Crippen LogP contribution >= 0.6 is 10.9 Å². The fourth-order valence-corrected chi connectivity index (χ4v) is 1.89. The summed E-state index contributed by atoms with van der Waals surface area (Å²) in [6.45, 7) is -0.0181. The van der Waals surface area contributed by atoms with Crippen molar-refractivity contribution in [2.45, 2.75) is 6.10 Å². The number of terminal acetylenes is 1. The predicted octanol–water partition coefficient (Wildman–Crippen LogP) is 0.227. The molecule has 0 spiro atoms. The molecule has 0 aromatic heterocycles. The van der Waals surface area contributed by atoms with Crippen LogP contribution in [0.2, 0.25) is 0 Å². The third-order valence-electron chi connectivity index (χ3n) is 1.24. The lowest BCUT2D eigenvalue weighted by Gasteiger charge is -2.17. The van der Waals surface area contributed by atoms with Gasteiger partial charge in [0.25, 0.3) is 0 Å². The third kappa shape index (κ3) is 2.39. The van der Waals surface area contributed by atoms with Gasteiger partial charge >= 0.3 is 5.97 Å². The summed E-state index contributed by atoms with van der Waals surface area (Å²) in [5.41, 5.74) is 0. The molecule has 0 bridgehead atoms. The quantitative estimate of drug-likeness (QED) is 0.353. The standard InChI is InChI=1S/C6H8O5S/c1-2-6(7)11-5-3-10-12(8,9)4-5/h1,5,8-9H,3-4H2. The molecule has 12 heavy (non-hydrogen) atoms. The highest BCUT2D eigenvalue weighted by atomic mass is 32.3. The summed E-state index contributed by atoms with van der Waals surface area (Å²) >= 11 is 0. The molecular weight excluding hydrogens is 184 g/mol. The summed E-state index contributed by atoms with van der Waals surface area (Å²) in [4.78, 5) is 10.5. The Balaban J connectivity index is 2.39. The number of esters is 1. The molecule has 0 aromatic rings. The van der Waals surface area contributed by atoms with Gasteiger partial charge in [-0.25, -0.2) is 4.79 Å². The van der Waals surface area contributed by atoms with Crippen LogP contribution in [0.3, 0.4) is 0 Å². The minimum Gasteiger partial charge on any atom is -0.449 e. The Bertz CT molecular complexity index is 231. The van der Waals surface area contributed by atoms with Gasteiger partial charge in [-0.1, -0.05) is 0 Å². The number of carbonyl (C=O) groups excluding carboxylic acids is 1. The molecule has 2 N–H and O–H groups in total. The van der Waals surface area contributed by atoms with E-state index in [-0.39, 0.29) is 12.4 Å². The van der Waals surface area contributed by atoms with Gasteiger partial charge in [0.2, 0.25) is 0 Å². The highest BCUT2D eigenvalue weighted by Crippen LogP contribution is 2.45. The van der Waals surface area contributed by atoms with Crippen molar-refractivity contribution < 1.29 is 22.8 Å². The van der Waals surface area contributed by atoms with Crippen molar-refractivity contribution in [3.63, 3.8) is 0 Å². The molecule has 0 radical (unpaired) electrons. The second-order valence-corrected chi connectivity index (χ2v) is 4.01. The molecule has 1 aliphatic heterocycles. The highest BCUT2D eigenvalue weighted by Gasteiger charge is 2.34. The summed E-state index contributed by atoms with van der Waals surface area (Å²) in [7, 11) is -3.00. The van der Waals surface area contributed by atoms with Crippen molar-refractivity contribution in [3.8, 4) is 12.3 Å². The van der Waals surface area contributed by atoms with Gasteiger partial charge in [0.1, 0.15) is 12.7 Å². The van der Waals surface area contributed by atoms with Crippen LogP contribution in [0.4, 0.5) is 0 Å². The molecule has 1 atom stereocenters. The maximum Gasteiger partial charge on any atom is 0.384 e. The zero-order valence-corrected chi connectivity index (χ0v) is 6.91. The Hall–Kier alpha value is -0.740. The van der Waals surface area contributed by atoms with Crippen molar-refractivity contribution in [2.75, 3.05) is 12.4 Å². The zero-order chi connectivity index (χ0) is 9.19. The van der Waals surface area contributed by atoms with Crippen LogP contribution < -0.4 is 0 Å². The van der Waals surface area contributed by atoms with Gasteiger partial charge in [-0.3, -0.25) is 4.18 Å². The number of ether oxygens (including phenoxy) is 1. The molecular formula is C6H8O5S. The van der Waals surface area contributed by atoms with Crippen LogP contribution in [-0.2, 0) is 13.7 Å². The van der Waals surface area contributed by atoms with E-state index in [0.717, 1.165) is 0 Å². The lowest BCUT2D eigenvalue weighted by atomic mass is 10.4. The van der Waals surface area contributed by atoms with E-state index in [1.54, 1.807) is 5.92 Å². The highest BCUT2D eigenvalue weighted by molar-refractivity contribution is 8.20. The molecule has 0 aliphatic carbocycles. The molecule has 0 saturated carbocycles. The van der Waals surface area contributed by atoms with E-state index >= 15 is 0 Å². The molecule has 5 nitrogen and oxygen atoms in total. The Morgan fingerprint density at radius 1 is 1.75 bits per heavy atom. The number of rotatable bonds is 1. The molecule has 6 heteroatoms. The lowest BCUT2D eigenvalue weighted by Crippen LogP contribution is -2.20. The van der Waals surface area contributed by atoms with E-state index < -0.39 is 22.9 Å². The van der Waals surface area contributed by atoms with Crippen molar-refractivity contribution >= 4 is 16.8 Å². The molecule has 0 aromatic carbocycles. The summed E-state index contributed by atoms with van der Waals surface area (Å²) in [6.07, 6.45) is 4.09.